The highest BCUT2D eigenvalue weighted by Gasteiger charge is 2.21. The number of benzene rings is 1. The van der Waals surface area contributed by atoms with Crippen LogP contribution < -0.4 is 0 Å². The van der Waals surface area contributed by atoms with E-state index in [-0.39, 0.29) is 5.91 Å². The topological polar surface area (TPSA) is 46.1 Å². The lowest BCUT2D eigenvalue weighted by Crippen LogP contribution is -2.32. The van der Waals surface area contributed by atoms with Gasteiger partial charge in [-0.25, -0.2) is 4.98 Å². The molecule has 1 amide bonds. The Labute approximate surface area is 157 Å². The second kappa shape index (κ2) is 7.42. The van der Waals surface area contributed by atoms with Crippen LogP contribution in [0.15, 0.2) is 48.8 Å². The first kappa shape index (κ1) is 17.0. The van der Waals surface area contributed by atoms with Crippen LogP contribution >= 0.6 is 11.6 Å². The third kappa shape index (κ3) is 3.42. The van der Waals surface area contributed by atoms with Crippen molar-refractivity contribution in [1.82, 2.24) is 14.9 Å². The fourth-order valence-corrected chi connectivity index (χ4v) is 3.66. The van der Waals surface area contributed by atoms with Crippen molar-refractivity contribution in [3.8, 4) is 11.3 Å². The van der Waals surface area contributed by atoms with E-state index in [4.69, 9.17) is 16.6 Å². The first-order valence-corrected chi connectivity index (χ1v) is 9.40. The van der Waals surface area contributed by atoms with Gasteiger partial charge >= 0.3 is 0 Å². The number of aromatic nitrogens is 2. The van der Waals surface area contributed by atoms with Gasteiger partial charge in [0.25, 0.3) is 5.91 Å². The molecule has 0 unspecified atom stereocenters. The van der Waals surface area contributed by atoms with Gasteiger partial charge in [0.15, 0.2) is 0 Å². The van der Waals surface area contributed by atoms with Crippen LogP contribution in [0, 0.1) is 0 Å². The maximum atomic E-state index is 13.3. The molecule has 1 aliphatic rings. The zero-order chi connectivity index (χ0) is 17.9. The Morgan fingerprint density at radius 2 is 1.69 bits per heavy atom. The summed E-state index contributed by atoms with van der Waals surface area (Å²) in [5.41, 5.74) is 3.18. The van der Waals surface area contributed by atoms with E-state index in [2.05, 4.69) is 4.98 Å². The van der Waals surface area contributed by atoms with Gasteiger partial charge in [0, 0.05) is 41.5 Å². The highest BCUT2D eigenvalue weighted by Crippen LogP contribution is 2.28. The van der Waals surface area contributed by atoms with Gasteiger partial charge < -0.3 is 4.90 Å². The lowest BCUT2D eigenvalue weighted by molar-refractivity contribution is 0.0763. The highest BCUT2D eigenvalue weighted by atomic mass is 35.5. The second-order valence-electron chi connectivity index (χ2n) is 6.66. The number of carbonyl (C=O) groups is 1. The third-order valence-electron chi connectivity index (χ3n) is 4.87. The van der Waals surface area contributed by atoms with Crippen molar-refractivity contribution in [3.63, 3.8) is 0 Å². The Morgan fingerprint density at radius 3 is 2.42 bits per heavy atom. The van der Waals surface area contributed by atoms with E-state index in [0.717, 1.165) is 48.1 Å². The zero-order valence-corrected chi connectivity index (χ0v) is 15.2. The molecule has 0 N–H and O–H groups in total. The second-order valence-corrected chi connectivity index (χ2v) is 7.10. The summed E-state index contributed by atoms with van der Waals surface area (Å²) in [5.74, 6) is 0.0665. The number of likely N-dealkylation sites (tertiary alicyclic amines) is 1. The van der Waals surface area contributed by atoms with Crippen LogP contribution in [-0.2, 0) is 0 Å². The maximum absolute atomic E-state index is 13.3. The minimum atomic E-state index is 0.0665. The van der Waals surface area contributed by atoms with Gasteiger partial charge in [-0.1, -0.05) is 24.4 Å². The van der Waals surface area contributed by atoms with Gasteiger partial charge in [0.2, 0.25) is 0 Å². The van der Waals surface area contributed by atoms with Crippen LogP contribution in [-0.4, -0.2) is 33.9 Å². The number of hydrogen-bond acceptors (Lipinski definition) is 3. The Morgan fingerprint density at radius 1 is 0.962 bits per heavy atom. The van der Waals surface area contributed by atoms with Crippen molar-refractivity contribution < 1.29 is 4.79 Å². The zero-order valence-electron chi connectivity index (χ0n) is 14.5. The molecular formula is C21H20ClN3O. The molecule has 0 atom stereocenters. The van der Waals surface area contributed by atoms with Gasteiger partial charge in [-0.2, -0.15) is 0 Å². The lowest BCUT2D eigenvalue weighted by atomic mass is 10.0. The monoisotopic (exact) mass is 365 g/mol. The summed E-state index contributed by atoms with van der Waals surface area (Å²) >= 11 is 6.20. The largest absolute Gasteiger partial charge is 0.339 e. The van der Waals surface area contributed by atoms with Crippen molar-refractivity contribution in [2.24, 2.45) is 0 Å². The molecule has 1 aromatic carbocycles. The number of amides is 1. The number of fused-ring (bicyclic) bond motifs is 1. The number of nitrogens with zero attached hydrogens (tertiary/aromatic N) is 3. The molecule has 132 valence electrons. The van der Waals surface area contributed by atoms with Crippen molar-refractivity contribution in [3.05, 3.63) is 59.4 Å². The smallest absolute Gasteiger partial charge is 0.254 e. The Kier molecular flexibility index (Phi) is 4.85. The number of hydrogen-bond donors (Lipinski definition) is 0. The molecule has 1 saturated heterocycles. The van der Waals surface area contributed by atoms with Gasteiger partial charge in [0.1, 0.15) is 0 Å². The van der Waals surface area contributed by atoms with Crippen LogP contribution in [0.4, 0.5) is 0 Å². The lowest BCUT2D eigenvalue weighted by Gasteiger charge is -2.21. The molecule has 4 rings (SSSR count). The summed E-state index contributed by atoms with van der Waals surface area (Å²) in [6.45, 7) is 1.63. The van der Waals surface area contributed by atoms with Crippen LogP contribution in [0.25, 0.3) is 22.2 Å². The molecule has 5 heteroatoms. The number of carbonyl (C=O) groups excluding carboxylic acids is 1. The molecule has 0 aliphatic carbocycles. The molecule has 0 saturated carbocycles. The standard InChI is InChI=1S/C21H20ClN3O/c22-16-5-6-19-17(13-16)18(21(26)25-11-3-1-2-4-12-25)14-20(24-19)15-7-9-23-10-8-15/h5-10,13-14H,1-4,11-12H2. The summed E-state index contributed by atoms with van der Waals surface area (Å²) in [4.78, 5) is 24.1. The van der Waals surface area contributed by atoms with Crippen molar-refractivity contribution in [2.75, 3.05) is 13.1 Å². The van der Waals surface area contributed by atoms with E-state index in [1.807, 2.05) is 41.3 Å². The first-order valence-electron chi connectivity index (χ1n) is 9.02. The van der Waals surface area contributed by atoms with Crippen molar-refractivity contribution in [1.29, 1.82) is 0 Å². The molecule has 4 nitrogen and oxygen atoms in total. The maximum Gasteiger partial charge on any atom is 0.254 e. The summed E-state index contributed by atoms with van der Waals surface area (Å²) in [7, 11) is 0. The third-order valence-corrected chi connectivity index (χ3v) is 5.11. The molecule has 3 heterocycles. The van der Waals surface area contributed by atoms with Crippen molar-refractivity contribution in [2.45, 2.75) is 25.7 Å². The van der Waals surface area contributed by atoms with E-state index < -0.39 is 0 Å². The van der Waals surface area contributed by atoms with E-state index in [9.17, 15) is 4.79 Å². The molecule has 0 radical (unpaired) electrons. The highest BCUT2D eigenvalue weighted by molar-refractivity contribution is 6.31. The van der Waals surface area contributed by atoms with Gasteiger partial charge in [0.05, 0.1) is 16.8 Å². The molecule has 3 aromatic rings. The average molecular weight is 366 g/mol. The number of rotatable bonds is 2. The summed E-state index contributed by atoms with van der Waals surface area (Å²) < 4.78 is 0. The molecular weight excluding hydrogens is 346 g/mol. The fourth-order valence-electron chi connectivity index (χ4n) is 3.49. The van der Waals surface area contributed by atoms with Gasteiger partial charge in [-0.15, -0.1) is 0 Å². The van der Waals surface area contributed by atoms with E-state index >= 15 is 0 Å². The fraction of sp³-hybridized carbons (Fsp3) is 0.286. The van der Waals surface area contributed by atoms with E-state index in [1.165, 1.54) is 12.8 Å². The van der Waals surface area contributed by atoms with Crippen LogP contribution in [0.3, 0.4) is 0 Å². The quantitative estimate of drug-likeness (QED) is 0.644. The summed E-state index contributed by atoms with van der Waals surface area (Å²) in [6, 6.07) is 11.2. The van der Waals surface area contributed by atoms with E-state index in [1.54, 1.807) is 12.4 Å². The molecule has 1 fully saturated rings. The molecule has 0 bridgehead atoms. The average Bonchev–Trinajstić information content (AvgIpc) is 2.97. The first-order chi connectivity index (χ1) is 12.7. The predicted octanol–water partition coefficient (Wildman–Crippen LogP) is 4.97. The number of halogens is 1. The molecule has 2 aromatic heterocycles. The normalized spacial score (nSPS) is 15.0. The minimum Gasteiger partial charge on any atom is -0.339 e. The summed E-state index contributed by atoms with van der Waals surface area (Å²) in [6.07, 6.45) is 7.97. The Bertz CT molecular complexity index is 935. The van der Waals surface area contributed by atoms with Crippen LogP contribution in [0.2, 0.25) is 5.02 Å². The van der Waals surface area contributed by atoms with Crippen molar-refractivity contribution >= 4 is 28.4 Å². The van der Waals surface area contributed by atoms with Gasteiger partial charge in [-0.3, -0.25) is 9.78 Å². The Balaban J connectivity index is 1.85. The van der Waals surface area contributed by atoms with E-state index in [0.29, 0.717) is 10.6 Å². The van der Waals surface area contributed by atoms with Crippen LogP contribution in [0.1, 0.15) is 36.0 Å². The SMILES string of the molecule is O=C(c1cc(-c2ccncc2)nc2ccc(Cl)cc12)N1CCCCCC1. The molecule has 1 aliphatic heterocycles. The number of pyridine rings is 2. The Hall–Kier alpha value is -2.46. The van der Waals surface area contributed by atoms with Crippen LogP contribution in [0.5, 0.6) is 0 Å². The molecule has 26 heavy (non-hydrogen) atoms. The van der Waals surface area contributed by atoms with Gasteiger partial charge in [-0.05, 0) is 49.2 Å². The minimum absolute atomic E-state index is 0.0665. The summed E-state index contributed by atoms with van der Waals surface area (Å²) in [5, 5.41) is 1.42. The predicted molar refractivity (Wildman–Crippen MR) is 104 cm³/mol. The molecule has 0 spiro atoms.